The normalized spacial score (nSPS) is 11.0. The molecule has 2 aromatic heterocycles. The lowest BCUT2D eigenvalue weighted by Gasteiger charge is -2.00. The molecule has 3 rings (SSSR count). The first-order valence-electron chi connectivity index (χ1n) is 6.27. The molecule has 0 aliphatic heterocycles. The summed E-state index contributed by atoms with van der Waals surface area (Å²) in [6.07, 6.45) is 0. The number of hydrogen-bond donors (Lipinski definition) is 0. The second-order valence-electron chi connectivity index (χ2n) is 4.67. The van der Waals surface area contributed by atoms with E-state index in [2.05, 4.69) is 26.0 Å². The van der Waals surface area contributed by atoms with Crippen molar-refractivity contribution in [3.05, 3.63) is 46.2 Å². The first-order chi connectivity index (χ1) is 9.60. The topological polar surface area (TPSA) is 39.4 Å². The largest absolute Gasteiger partial charge is 0.497 e. The van der Waals surface area contributed by atoms with Gasteiger partial charge in [-0.3, -0.25) is 0 Å². The molecule has 0 amide bonds. The first-order valence-corrected chi connectivity index (χ1v) is 7.06. The van der Waals surface area contributed by atoms with Crippen LogP contribution >= 0.6 is 15.9 Å². The average Bonchev–Trinajstić information content (AvgIpc) is 2.77. The third-order valence-electron chi connectivity index (χ3n) is 3.20. The quantitative estimate of drug-likeness (QED) is 0.717. The summed E-state index contributed by atoms with van der Waals surface area (Å²) in [4.78, 5) is 4.54. The molecule has 0 fully saturated rings. The minimum Gasteiger partial charge on any atom is -0.497 e. The van der Waals surface area contributed by atoms with Crippen molar-refractivity contribution in [3.63, 3.8) is 0 Å². The van der Waals surface area contributed by atoms with E-state index in [9.17, 15) is 0 Å². The number of aryl methyl sites for hydroxylation is 2. The maximum atomic E-state index is 5.18. The number of ether oxygens (including phenoxy) is 1. The van der Waals surface area contributed by atoms with E-state index in [1.807, 2.05) is 48.7 Å². The molecule has 0 saturated heterocycles. The van der Waals surface area contributed by atoms with Gasteiger partial charge in [-0.2, -0.15) is 5.10 Å². The molecule has 3 aromatic rings. The Bertz CT molecular complexity index is 778. The smallest absolute Gasteiger partial charge is 0.170 e. The molecule has 0 aliphatic carbocycles. The fraction of sp³-hybridized carbons (Fsp3) is 0.200. The molecule has 1 aromatic carbocycles. The molecule has 0 saturated carbocycles. The van der Waals surface area contributed by atoms with Gasteiger partial charge in [-0.05, 0) is 60.1 Å². The summed E-state index contributed by atoms with van der Waals surface area (Å²) in [6, 6.07) is 9.86. The lowest BCUT2D eigenvalue weighted by Crippen LogP contribution is -1.97. The first kappa shape index (κ1) is 13.1. The van der Waals surface area contributed by atoms with E-state index in [1.54, 1.807) is 7.11 Å². The molecule has 0 spiro atoms. The van der Waals surface area contributed by atoms with Gasteiger partial charge in [0.1, 0.15) is 11.4 Å². The molecular weight excluding hydrogens is 318 g/mol. The minimum atomic E-state index is 0.832. The molecule has 2 heterocycles. The van der Waals surface area contributed by atoms with Crippen LogP contribution in [0.1, 0.15) is 11.4 Å². The van der Waals surface area contributed by atoms with E-state index < -0.39 is 0 Å². The Labute approximate surface area is 125 Å². The Kier molecular flexibility index (Phi) is 3.22. The fourth-order valence-electron chi connectivity index (χ4n) is 2.23. The number of methoxy groups -OCH3 is 1. The Morgan fingerprint density at radius 3 is 2.50 bits per heavy atom. The van der Waals surface area contributed by atoms with Crippen molar-refractivity contribution in [2.45, 2.75) is 13.8 Å². The second-order valence-corrected chi connectivity index (χ2v) is 5.46. The average molecular weight is 332 g/mol. The number of halogens is 1. The highest BCUT2D eigenvalue weighted by Crippen LogP contribution is 2.31. The van der Waals surface area contributed by atoms with Gasteiger partial charge < -0.3 is 4.74 Å². The third-order valence-corrected chi connectivity index (χ3v) is 3.93. The third kappa shape index (κ3) is 2.08. The maximum absolute atomic E-state index is 5.18. The molecule has 0 radical (unpaired) electrons. The summed E-state index contributed by atoms with van der Waals surface area (Å²) in [5, 5.41) is 4.65. The second kappa shape index (κ2) is 4.90. The van der Waals surface area contributed by atoms with Gasteiger partial charge in [0.25, 0.3) is 0 Å². The summed E-state index contributed by atoms with van der Waals surface area (Å²) < 4.78 is 7.95. The van der Waals surface area contributed by atoms with E-state index >= 15 is 0 Å². The number of fused-ring (bicyclic) bond motifs is 1. The van der Waals surface area contributed by atoms with Gasteiger partial charge in [-0.1, -0.05) is 0 Å². The van der Waals surface area contributed by atoms with Crippen molar-refractivity contribution in [1.82, 2.24) is 14.6 Å². The van der Waals surface area contributed by atoms with Crippen LogP contribution in [0.3, 0.4) is 0 Å². The van der Waals surface area contributed by atoms with Crippen LogP contribution in [0.5, 0.6) is 5.75 Å². The summed E-state index contributed by atoms with van der Waals surface area (Å²) in [5.41, 5.74) is 4.80. The molecule has 4 nitrogen and oxygen atoms in total. The fourth-order valence-corrected chi connectivity index (χ4v) is 2.79. The van der Waals surface area contributed by atoms with Crippen molar-refractivity contribution in [2.24, 2.45) is 0 Å². The van der Waals surface area contributed by atoms with Crippen molar-refractivity contribution in [2.75, 3.05) is 7.11 Å². The van der Waals surface area contributed by atoms with Crippen LogP contribution in [0.2, 0.25) is 0 Å². The lowest BCUT2D eigenvalue weighted by atomic mass is 10.1. The van der Waals surface area contributed by atoms with Gasteiger partial charge in [0, 0.05) is 17.0 Å². The summed E-state index contributed by atoms with van der Waals surface area (Å²) in [6.45, 7) is 4.01. The van der Waals surface area contributed by atoms with Crippen molar-refractivity contribution in [3.8, 4) is 17.0 Å². The number of benzene rings is 1. The molecule has 0 N–H and O–H groups in total. The molecule has 0 atom stereocenters. The van der Waals surface area contributed by atoms with Gasteiger partial charge in [-0.15, -0.1) is 0 Å². The van der Waals surface area contributed by atoms with Gasteiger partial charge in [-0.25, -0.2) is 9.50 Å². The number of rotatable bonds is 2. The van der Waals surface area contributed by atoms with Crippen LogP contribution in [0.25, 0.3) is 16.9 Å². The highest BCUT2D eigenvalue weighted by Gasteiger charge is 2.15. The van der Waals surface area contributed by atoms with Gasteiger partial charge in [0.2, 0.25) is 0 Å². The summed E-state index contributed by atoms with van der Waals surface area (Å²) >= 11 is 3.62. The number of nitrogens with zero attached hydrogens (tertiary/aromatic N) is 3. The summed E-state index contributed by atoms with van der Waals surface area (Å²) in [5.74, 6) is 0.832. The monoisotopic (exact) mass is 331 g/mol. The van der Waals surface area contributed by atoms with Crippen LogP contribution in [-0.4, -0.2) is 21.7 Å². The van der Waals surface area contributed by atoms with Crippen LogP contribution in [-0.2, 0) is 0 Å². The standard InChI is InChI=1S/C15H14BrN3O/c1-9-8-10(2)19-15(17-9)13(16)14(18-19)11-4-6-12(20-3)7-5-11/h4-8H,1-3H3. The Morgan fingerprint density at radius 1 is 1.15 bits per heavy atom. The molecule has 0 aliphatic rings. The van der Waals surface area contributed by atoms with Crippen LogP contribution in [0, 0.1) is 13.8 Å². The molecule has 5 heteroatoms. The van der Waals surface area contributed by atoms with Crippen molar-refractivity contribution in [1.29, 1.82) is 0 Å². The van der Waals surface area contributed by atoms with Crippen LogP contribution < -0.4 is 4.74 Å². The predicted molar refractivity (Wildman–Crippen MR) is 82.1 cm³/mol. The zero-order valence-corrected chi connectivity index (χ0v) is 13.1. The van der Waals surface area contributed by atoms with Gasteiger partial charge in [0.15, 0.2) is 5.65 Å². The highest BCUT2D eigenvalue weighted by molar-refractivity contribution is 9.10. The Morgan fingerprint density at radius 2 is 1.85 bits per heavy atom. The molecular formula is C15H14BrN3O. The Balaban J connectivity index is 2.20. The Hall–Kier alpha value is -1.88. The highest BCUT2D eigenvalue weighted by atomic mass is 79.9. The zero-order chi connectivity index (χ0) is 14.3. The minimum absolute atomic E-state index is 0.832. The van der Waals surface area contributed by atoms with E-state index in [0.29, 0.717) is 0 Å². The molecule has 102 valence electrons. The number of aromatic nitrogens is 3. The van der Waals surface area contributed by atoms with E-state index in [1.165, 1.54) is 0 Å². The molecule has 0 bridgehead atoms. The van der Waals surface area contributed by atoms with Gasteiger partial charge >= 0.3 is 0 Å². The van der Waals surface area contributed by atoms with Crippen LogP contribution in [0.4, 0.5) is 0 Å². The van der Waals surface area contributed by atoms with E-state index in [0.717, 1.165) is 38.5 Å². The maximum Gasteiger partial charge on any atom is 0.170 e. The van der Waals surface area contributed by atoms with Gasteiger partial charge in [0.05, 0.1) is 11.6 Å². The summed E-state index contributed by atoms with van der Waals surface area (Å²) in [7, 11) is 1.66. The SMILES string of the molecule is COc1ccc(-c2nn3c(C)cc(C)nc3c2Br)cc1. The van der Waals surface area contributed by atoms with Crippen molar-refractivity contribution < 1.29 is 4.74 Å². The predicted octanol–water partition coefficient (Wildman–Crippen LogP) is 3.78. The zero-order valence-electron chi connectivity index (χ0n) is 11.5. The molecule has 20 heavy (non-hydrogen) atoms. The van der Waals surface area contributed by atoms with Crippen molar-refractivity contribution >= 4 is 21.6 Å². The van der Waals surface area contributed by atoms with E-state index in [-0.39, 0.29) is 0 Å². The van der Waals surface area contributed by atoms with E-state index in [4.69, 9.17) is 4.74 Å². The molecule has 0 unspecified atom stereocenters. The number of hydrogen-bond acceptors (Lipinski definition) is 3. The van der Waals surface area contributed by atoms with Crippen LogP contribution in [0.15, 0.2) is 34.8 Å². The lowest BCUT2D eigenvalue weighted by molar-refractivity contribution is 0.415.